The van der Waals surface area contributed by atoms with Crippen LogP contribution in [0.2, 0.25) is 0 Å². The number of hydrogen-bond donors (Lipinski definition) is 2. The molecule has 0 atom stereocenters. The second-order valence-electron chi connectivity index (χ2n) is 3.87. The van der Waals surface area contributed by atoms with Crippen LogP contribution in [0.5, 0.6) is 5.75 Å². The summed E-state index contributed by atoms with van der Waals surface area (Å²) in [5.41, 5.74) is 0.296. The van der Waals surface area contributed by atoms with Gasteiger partial charge in [0.15, 0.2) is 0 Å². The molecule has 9 heteroatoms. The lowest BCUT2D eigenvalue weighted by molar-refractivity contribution is 0.0698. The Bertz CT molecular complexity index is 785. The van der Waals surface area contributed by atoms with Crippen LogP contribution in [0.3, 0.4) is 0 Å². The Morgan fingerprint density at radius 3 is 2.67 bits per heavy atom. The largest absolute Gasteiger partial charge is 0.496 e. The van der Waals surface area contributed by atoms with E-state index in [4.69, 9.17) is 9.84 Å². The zero-order chi connectivity index (χ0) is 15.6. The van der Waals surface area contributed by atoms with E-state index in [9.17, 15) is 13.2 Å². The minimum atomic E-state index is -3.96. The highest BCUT2D eigenvalue weighted by Crippen LogP contribution is 2.30. The average Bonchev–Trinajstić information content (AvgIpc) is 2.88. The maximum absolute atomic E-state index is 12.2. The van der Waals surface area contributed by atoms with Gasteiger partial charge < -0.3 is 9.84 Å². The summed E-state index contributed by atoms with van der Waals surface area (Å²) < 4.78 is 32.4. The molecule has 0 bridgehead atoms. The summed E-state index contributed by atoms with van der Waals surface area (Å²) in [7, 11) is -2.47. The van der Waals surface area contributed by atoms with Crippen molar-refractivity contribution < 1.29 is 23.1 Å². The van der Waals surface area contributed by atoms with Gasteiger partial charge in [-0.15, -0.1) is 11.3 Å². The van der Waals surface area contributed by atoms with Crippen molar-refractivity contribution in [2.24, 2.45) is 0 Å². The topological polar surface area (TPSA) is 92.7 Å². The molecule has 0 aliphatic heterocycles. The molecule has 2 N–H and O–H groups in total. The van der Waals surface area contributed by atoms with Gasteiger partial charge in [0, 0.05) is 0 Å². The minimum absolute atomic E-state index is 0.227. The molecule has 2 aromatic rings. The normalized spacial score (nSPS) is 11.1. The molecule has 0 spiro atoms. The molecule has 1 aromatic carbocycles. The van der Waals surface area contributed by atoms with Crippen LogP contribution in [0.15, 0.2) is 39.0 Å². The van der Waals surface area contributed by atoms with Crippen molar-refractivity contribution in [3.05, 3.63) is 39.0 Å². The van der Waals surface area contributed by atoms with Gasteiger partial charge in [0.05, 0.1) is 17.3 Å². The fraction of sp³-hybridized carbons (Fsp3) is 0.0833. The Balaban J connectivity index is 2.35. The number of carbonyl (C=O) groups is 1. The van der Waals surface area contributed by atoms with Gasteiger partial charge >= 0.3 is 5.97 Å². The highest BCUT2D eigenvalue weighted by molar-refractivity contribution is 9.10. The van der Waals surface area contributed by atoms with Gasteiger partial charge in [0.2, 0.25) is 0 Å². The number of sulfonamides is 1. The number of methoxy groups -OCH3 is 1. The first kappa shape index (κ1) is 15.8. The molecular weight excluding hydrogens is 382 g/mol. The van der Waals surface area contributed by atoms with Crippen molar-refractivity contribution in [2.75, 3.05) is 11.8 Å². The van der Waals surface area contributed by atoms with Crippen molar-refractivity contribution >= 4 is 48.9 Å². The van der Waals surface area contributed by atoms with Crippen molar-refractivity contribution in [3.8, 4) is 5.75 Å². The first-order chi connectivity index (χ1) is 9.85. The summed E-state index contributed by atoms with van der Waals surface area (Å²) in [5, 5.41) is 10.4. The summed E-state index contributed by atoms with van der Waals surface area (Å²) >= 11 is 4.11. The number of benzene rings is 1. The third-order valence-corrected chi connectivity index (χ3v) is 5.59. The summed E-state index contributed by atoms with van der Waals surface area (Å²) in [6, 6.07) is 5.90. The molecular formula is C12H10BrNO5S2. The predicted molar refractivity (Wildman–Crippen MR) is 82.8 cm³/mol. The standard InChI is InChI=1S/C12H10BrNO5S2/c1-19-9-3-2-7(6-8(9)13)14-21(17,18)10-4-5-20-11(10)12(15)16/h2-6,14H,1H3,(H,15,16). The van der Waals surface area contributed by atoms with Crippen LogP contribution in [0.4, 0.5) is 5.69 Å². The van der Waals surface area contributed by atoms with Crippen molar-refractivity contribution in [2.45, 2.75) is 4.90 Å². The van der Waals surface area contributed by atoms with E-state index in [1.54, 1.807) is 6.07 Å². The zero-order valence-electron chi connectivity index (χ0n) is 10.7. The fourth-order valence-corrected chi connectivity index (χ4v) is 4.46. The van der Waals surface area contributed by atoms with Crippen molar-refractivity contribution in [3.63, 3.8) is 0 Å². The summed E-state index contributed by atoms with van der Waals surface area (Å²) in [5.74, 6) is -0.721. The zero-order valence-corrected chi connectivity index (χ0v) is 13.9. The second-order valence-corrected chi connectivity index (χ2v) is 7.30. The lowest BCUT2D eigenvalue weighted by atomic mass is 10.3. The fourth-order valence-electron chi connectivity index (χ4n) is 1.61. The Morgan fingerprint density at radius 2 is 2.10 bits per heavy atom. The predicted octanol–water partition coefficient (Wildman–Crippen LogP) is 3.02. The maximum atomic E-state index is 12.2. The molecule has 6 nitrogen and oxygen atoms in total. The number of rotatable bonds is 5. The molecule has 0 unspecified atom stereocenters. The number of ether oxygens (including phenoxy) is 1. The maximum Gasteiger partial charge on any atom is 0.347 e. The third-order valence-electron chi connectivity index (χ3n) is 2.52. The summed E-state index contributed by atoms with van der Waals surface area (Å²) in [4.78, 5) is 10.5. The van der Waals surface area contributed by atoms with Crippen LogP contribution < -0.4 is 9.46 Å². The lowest BCUT2D eigenvalue weighted by Crippen LogP contribution is -2.15. The number of aromatic carboxylic acids is 1. The van der Waals surface area contributed by atoms with E-state index in [0.717, 1.165) is 11.3 Å². The van der Waals surface area contributed by atoms with E-state index in [2.05, 4.69) is 20.7 Å². The van der Waals surface area contributed by atoms with E-state index in [1.165, 1.54) is 30.7 Å². The molecule has 0 amide bonds. The van der Waals surface area contributed by atoms with Gasteiger partial charge in [0.1, 0.15) is 15.5 Å². The molecule has 0 saturated heterocycles. The number of carboxylic acid groups (broad SMARTS) is 1. The first-order valence-electron chi connectivity index (χ1n) is 5.52. The minimum Gasteiger partial charge on any atom is -0.496 e. The Morgan fingerprint density at radius 1 is 1.38 bits per heavy atom. The molecule has 1 aromatic heterocycles. The Kier molecular flexibility index (Phi) is 4.55. The summed E-state index contributed by atoms with van der Waals surface area (Å²) in [6.45, 7) is 0. The second kappa shape index (κ2) is 6.04. The Hall–Kier alpha value is -1.58. The van der Waals surface area contributed by atoms with Crippen LogP contribution >= 0.6 is 27.3 Å². The van der Waals surface area contributed by atoms with Crippen LogP contribution in [-0.2, 0) is 10.0 Å². The van der Waals surface area contributed by atoms with E-state index in [-0.39, 0.29) is 9.77 Å². The van der Waals surface area contributed by atoms with E-state index < -0.39 is 16.0 Å². The molecule has 0 radical (unpaired) electrons. The first-order valence-corrected chi connectivity index (χ1v) is 8.68. The molecule has 1 heterocycles. The van der Waals surface area contributed by atoms with Gasteiger partial charge in [-0.2, -0.15) is 0 Å². The van der Waals surface area contributed by atoms with Gasteiger partial charge in [-0.3, -0.25) is 4.72 Å². The van der Waals surface area contributed by atoms with Gasteiger partial charge in [-0.25, -0.2) is 13.2 Å². The molecule has 2 rings (SSSR count). The lowest BCUT2D eigenvalue weighted by Gasteiger charge is -2.09. The number of nitrogens with one attached hydrogen (secondary N) is 1. The average molecular weight is 392 g/mol. The number of anilines is 1. The highest BCUT2D eigenvalue weighted by Gasteiger charge is 2.24. The monoisotopic (exact) mass is 391 g/mol. The smallest absolute Gasteiger partial charge is 0.347 e. The van der Waals surface area contributed by atoms with Gasteiger partial charge in [-0.1, -0.05) is 0 Å². The number of carboxylic acids is 1. The molecule has 0 aliphatic carbocycles. The van der Waals surface area contributed by atoms with E-state index in [1.807, 2.05) is 0 Å². The van der Waals surface area contributed by atoms with Gasteiger partial charge in [-0.05, 0) is 45.6 Å². The van der Waals surface area contributed by atoms with Crippen LogP contribution in [0.25, 0.3) is 0 Å². The quantitative estimate of drug-likeness (QED) is 0.816. The molecule has 0 aliphatic rings. The molecule has 0 fully saturated rings. The van der Waals surface area contributed by atoms with Crippen molar-refractivity contribution in [1.29, 1.82) is 0 Å². The highest BCUT2D eigenvalue weighted by atomic mass is 79.9. The molecule has 112 valence electrons. The Labute approximate surface area is 133 Å². The SMILES string of the molecule is COc1ccc(NS(=O)(=O)c2ccsc2C(=O)O)cc1Br. The van der Waals surface area contributed by atoms with Crippen LogP contribution in [-0.4, -0.2) is 26.6 Å². The van der Waals surface area contributed by atoms with Gasteiger partial charge in [0.25, 0.3) is 10.0 Å². The van der Waals surface area contributed by atoms with E-state index in [0.29, 0.717) is 15.9 Å². The van der Waals surface area contributed by atoms with E-state index >= 15 is 0 Å². The third kappa shape index (κ3) is 3.36. The summed E-state index contributed by atoms with van der Waals surface area (Å²) in [6.07, 6.45) is 0. The number of hydrogen-bond acceptors (Lipinski definition) is 5. The molecule has 21 heavy (non-hydrogen) atoms. The number of halogens is 1. The van der Waals surface area contributed by atoms with Crippen LogP contribution in [0, 0.1) is 0 Å². The number of thiophene rings is 1. The van der Waals surface area contributed by atoms with Crippen LogP contribution in [0.1, 0.15) is 9.67 Å². The molecule has 0 saturated carbocycles. The van der Waals surface area contributed by atoms with Crippen molar-refractivity contribution in [1.82, 2.24) is 0 Å².